The molecular weight excluding hydrogens is 222 g/mol. The van der Waals surface area contributed by atoms with Crippen LogP contribution in [0.5, 0.6) is 0 Å². The van der Waals surface area contributed by atoms with Gasteiger partial charge in [0.1, 0.15) is 0 Å². The standard InChI is InChI=1S/C8H12BrNS/c1-5(2)8-7(9)3-6(4-10)11-8/h3,5H,4,10H2,1-2H3. The van der Waals surface area contributed by atoms with E-state index in [0.717, 1.165) is 0 Å². The fraction of sp³-hybridized carbons (Fsp3) is 0.500. The number of hydrogen-bond donors (Lipinski definition) is 1. The van der Waals surface area contributed by atoms with E-state index >= 15 is 0 Å². The molecule has 0 atom stereocenters. The molecule has 0 amide bonds. The highest BCUT2D eigenvalue weighted by atomic mass is 79.9. The summed E-state index contributed by atoms with van der Waals surface area (Å²) in [6.07, 6.45) is 0. The molecule has 0 aliphatic carbocycles. The van der Waals surface area contributed by atoms with Crippen molar-refractivity contribution in [3.05, 3.63) is 20.3 Å². The summed E-state index contributed by atoms with van der Waals surface area (Å²) in [7, 11) is 0. The highest BCUT2D eigenvalue weighted by Crippen LogP contribution is 2.32. The van der Waals surface area contributed by atoms with E-state index in [4.69, 9.17) is 5.73 Å². The van der Waals surface area contributed by atoms with E-state index in [1.165, 1.54) is 14.2 Å². The van der Waals surface area contributed by atoms with Crippen molar-refractivity contribution in [3.63, 3.8) is 0 Å². The zero-order chi connectivity index (χ0) is 8.43. The van der Waals surface area contributed by atoms with Crippen LogP contribution in [-0.2, 0) is 6.54 Å². The first-order valence-corrected chi connectivity index (χ1v) is 5.24. The molecule has 1 aromatic rings. The molecule has 0 spiro atoms. The summed E-state index contributed by atoms with van der Waals surface area (Å²) in [4.78, 5) is 2.64. The van der Waals surface area contributed by atoms with Crippen LogP contribution < -0.4 is 5.73 Å². The second-order valence-corrected chi connectivity index (χ2v) is 4.81. The van der Waals surface area contributed by atoms with Crippen molar-refractivity contribution < 1.29 is 0 Å². The number of hydrogen-bond acceptors (Lipinski definition) is 2. The van der Waals surface area contributed by atoms with E-state index in [1.54, 1.807) is 11.3 Å². The molecule has 0 aliphatic heterocycles. The molecule has 11 heavy (non-hydrogen) atoms. The van der Waals surface area contributed by atoms with E-state index in [0.29, 0.717) is 12.5 Å². The SMILES string of the molecule is CC(C)c1sc(CN)cc1Br. The van der Waals surface area contributed by atoms with Gasteiger partial charge in [-0.25, -0.2) is 0 Å². The molecule has 0 bridgehead atoms. The number of nitrogens with two attached hydrogens (primary N) is 1. The monoisotopic (exact) mass is 233 g/mol. The predicted octanol–water partition coefficient (Wildman–Crippen LogP) is 3.09. The van der Waals surface area contributed by atoms with Gasteiger partial charge in [-0.3, -0.25) is 0 Å². The van der Waals surface area contributed by atoms with E-state index in [2.05, 4.69) is 35.8 Å². The Balaban J connectivity index is 2.97. The highest BCUT2D eigenvalue weighted by Gasteiger charge is 2.08. The Bertz CT molecular complexity index is 242. The van der Waals surface area contributed by atoms with Crippen LogP contribution in [-0.4, -0.2) is 0 Å². The van der Waals surface area contributed by atoms with Crippen LogP contribution >= 0.6 is 27.3 Å². The summed E-state index contributed by atoms with van der Waals surface area (Å²) in [5, 5.41) is 0. The van der Waals surface area contributed by atoms with Crippen molar-refractivity contribution in [1.82, 2.24) is 0 Å². The summed E-state index contributed by atoms with van der Waals surface area (Å²) >= 11 is 5.31. The van der Waals surface area contributed by atoms with Gasteiger partial charge < -0.3 is 5.73 Å². The second kappa shape index (κ2) is 3.70. The van der Waals surface area contributed by atoms with Crippen LogP contribution in [0.15, 0.2) is 10.5 Å². The Kier molecular flexibility index (Phi) is 3.10. The fourth-order valence-corrected chi connectivity index (χ4v) is 2.99. The lowest BCUT2D eigenvalue weighted by molar-refractivity contribution is 0.885. The number of thiophene rings is 1. The quantitative estimate of drug-likeness (QED) is 0.836. The topological polar surface area (TPSA) is 26.0 Å². The molecule has 2 N–H and O–H groups in total. The Hall–Kier alpha value is 0.140. The van der Waals surface area contributed by atoms with E-state index in [9.17, 15) is 0 Å². The predicted molar refractivity (Wildman–Crippen MR) is 54.0 cm³/mol. The van der Waals surface area contributed by atoms with Gasteiger partial charge in [0.15, 0.2) is 0 Å². The zero-order valence-corrected chi connectivity index (χ0v) is 9.13. The smallest absolute Gasteiger partial charge is 0.0320 e. The maximum atomic E-state index is 5.52. The van der Waals surface area contributed by atoms with E-state index in [1.807, 2.05) is 0 Å². The van der Waals surface area contributed by atoms with Crippen molar-refractivity contribution in [1.29, 1.82) is 0 Å². The average molecular weight is 234 g/mol. The average Bonchev–Trinajstić information content (AvgIpc) is 2.30. The lowest BCUT2D eigenvalue weighted by atomic mass is 10.2. The normalized spacial score (nSPS) is 11.0. The molecular formula is C8H12BrNS. The molecule has 62 valence electrons. The first-order valence-electron chi connectivity index (χ1n) is 3.63. The van der Waals surface area contributed by atoms with Gasteiger partial charge in [-0.2, -0.15) is 0 Å². The van der Waals surface area contributed by atoms with Crippen LogP contribution in [0.4, 0.5) is 0 Å². The van der Waals surface area contributed by atoms with Crippen LogP contribution in [0.25, 0.3) is 0 Å². The molecule has 0 radical (unpaired) electrons. The fourth-order valence-electron chi connectivity index (χ4n) is 0.926. The van der Waals surface area contributed by atoms with Crippen molar-refractivity contribution in [2.45, 2.75) is 26.3 Å². The summed E-state index contributed by atoms with van der Waals surface area (Å²) < 4.78 is 1.21. The second-order valence-electron chi connectivity index (χ2n) is 2.78. The number of rotatable bonds is 2. The summed E-state index contributed by atoms with van der Waals surface area (Å²) in [5.74, 6) is 0.592. The first-order chi connectivity index (χ1) is 5.15. The molecule has 0 unspecified atom stereocenters. The Labute approximate surface area is 79.7 Å². The van der Waals surface area contributed by atoms with Gasteiger partial charge in [0, 0.05) is 20.8 Å². The Morgan fingerprint density at radius 3 is 2.55 bits per heavy atom. The minimum atomic E-state index is 0.592. The van der Waals surface area contributed by atoms with E-state index in [-0.39, 0.29) is 0 Å². The van der Waals surface area contributed by atoms with Crippen molar-refractivity contribution in [2.75, 3.05) is 0 Å². The van der Waals surface area contributed by atoms with Crippen molar-refractivity contribution >= 4 is 27.3 Å². The third-order valence-corrected chi connectivity index (χ3v) is 3.87. The lowest BCUT2D eigenvalue weighted by Gasteiger charge is -1.99. The molecule has 1 rings (SSSR count). The van der Waals surface area contributed by atoms with Gasteiger partial charge in [0.05, 0.1) is 0 Å². The third kappa shape index (κ3) is 2.04. The molecule has 0 saturated heterocycles. The van der Waals surface area contributed by atoms with Crippen LogP contribution in [0.1, 0.15) is 29.5 Å². The molecule has 0 aliphatic rings. The molecule has 3 heteroatoms. The molecule has 1 aromatic heterocycles. The van der Waals surface area contributed by atoms with Gasteiger partial charge in [-0.1, -0.05) is 13.8 Å². The zero-order valence-electron chi connectivity index (χ0n) is 6.73. The van der Waals surface area contributed by atoms with Gasteiger partial charge in [0.2, 0.25) is 0 Å². The van der Waals surface area contributed by atoms with Crippen LogP contribution in [0, 0.1) is 0 Å². The van der Waals surface area contributed by atoms with Gasteiger partial charge in [-0.15, -0.1) is 11.3 Å². The minimum Gasteiger partial charge on any atom is -0.326 e. The van der Waals surface area contributed by atoms with Crippen LogP contribution in [0.3, 0.4) is 0 Å². The maximum Gasteiger partial charge on any atom is 0.0320 e. The lowest BCUT2D eigenvalue weighted by Crippen LogP contribution is -1.91. The van der Waals surface area contributed by atoms with Gasteiger partial charge in [-0.05, 0) is 27.9 Å². The molecule has 0 fully saturated rings. The number of halogens is 1. The van der Waals surface area contributed by atoms with Crippen LogP contribution in [0.2, 0.25) is 0 Å². The molecule has 0 aromatic carbocycles. The largest absolute Gasteiger partial charge is 0.326 e. The highest BCUT2D eigenvalue weighted by molar-refractivity contribution is 9.10. The van der Waals surface area contributed by atoms with Gasteiger partial charge in [0.25, 0.3) is 0 Å². The van der Waals surface area contributed by atoms with Gasteiger partial charge >= 0.3 is 0 Å². The van der Waals surface area contributed by atoms with Crippen molar-refractivity contribution in [2.24, 2.45) is 5.73 Å². The van der Waals surface area contributed by atoms with Crippen molar-refractivity contribution in [3.8, 4) is 0 Å². The summed E-state index contributed by atoms with van der Waals surface area (Å²) in [6.45, 7) is 5.03. The molecule has 1 nitrogen and oxygen atoms in total. The summed E-state index contributed by atoms with van der Waals surface area (Å²) in [6, 6.07) is 2.11. The minimum absolute atomic E-state index is 0.592. The first kappa shape index (κ1) is 9.23. The third-order valence-electron chi connectivity index (χ3n) is 1.49. The van der Waals surface area contributed by atoms with E-state index < -0.39 is 0 Å². The summed E-state index contributed by atoms with van der Waals surface area (Å²) in [5.41, 5.74) is 5.52. The molecule has 1 heterocycles. The maximum absolute atomic E-state index is 5.52. The Morgan fingerprint density at radius 1 is 1.64 bits per heavy atom. The Morgan fingerprint density at radius 2 is 2.27 bits per heavy atom. The molecule has 0 saturated carbocycles.